The molecule has 0 saturated heterocycles. The van der Waals surface area contributed by atoms with Crippen LogP contribution in [0, 0.1) is 29.6 Å². The van der Waals surface area contributed by atoms with Crippen LogP contribution in [0.3, 0.4) is 0 Å². The molecule has 0 N–H and O–H groups in total. The molecule has 0 spiro atoms. The quantitative estimate of drug-likeness (QED) is 0.1000. The van der Waals surface area contributed by atoms with Gasteiger partial charge in [0, 0.05) is 0 Å². The van der Waals surface area contributed by atoms with E-state index >= 15 is 0 Å². The molecule has 0 aliphatic rings. The van der Waals surface area contributed by atoms with E-state index in [-0.39, 0.29) is 0 Å². The molecule has 0 rings (SSSR count). The van der Waals surface area contributed by atoms with Gasteiger partial charge in [0.25, 0.3) is 0 Å². The van der Waals surface area contributed by atoms with E-state index in [1.54, 1.807) is 0 Å². The van der Waals surface area contributed by atoms with E-state index in [4.69, 9.17) is 0 Å². The van der Waals surface area contributed by atoms with Crippen molar-refractivity contribution in [3.63, 3.8) is 0 Å². The summed E-state index contributed by atoms with van der Waals surface area (Å²) in [7, 11) is 0. The van der Waals surface area contributed by atoms with Crippen LogP contribution in [-0.2, 0) is 0 Å². The Balaban J connectivity index is 3.53. The van der Waals surface area contributed by atoms with E-state index in [1.165, 1.54) is 148 Å². The Kier molecular flexibility index (Phi) is 25.6. The van der Waals surface area contributed by atoms with E-state index < -0.39 is 0 Å². The van der Waals surface area contributed by atoms with Crippen molar-refractivity contribution in [1.29, 1.82) is 0 Å². The second-order valence-corrected chi connectivity index (χ2v) is 13.3. The first-order chi connectivity index (χ1) is 16.9. The van der Waals surface area contributed by atoms with Gasteiger partial charge >= 0.3 is 0 Å². The van der Waals surface area contributed by atoms with E-state index in [9.17, 15) is 0 Å². The van der Waals surface area contributed by atoms with E-state index in [2.05, 4.69) is 48.5 Å². The Morgan fingerprint density at radius 1 is 0.286 bits per heavy atom. The summed E-state index contributed by atoms with van der Waals surface area (Å²) in [6, 6.07) is 0. The SMILES string of the molecule is CCCCCCCCCCCCC(C)CCC(C)CCCC(C)CCCC(C)CCCC(C)CC. The van der Waals surface area contributed by atoms with Crippen molar-refractivity contribution in [1.82, 2.24) is 0 Å². The molecule has 5 atom stereocenters. The standard InChI is InChI=1S/C35H72/c1-8-10-11-12-13-14-15-16-17-18-22-34(6)29-30-35(7)28-21-27-33(5)26-20-25-32(4)24-19-23-31(3)9-2/h31-35H,8-30H2,1-7H3. The Hall–Kier alpha value is 0. The van der Waals surface area contributed by atoms with Gasteiger partial charge in [-0.2, -0.15) is 0 Å². The van der Waals surface area contributed by atoms with Crippen LogP contribution in [0.2, 0.25) is 0 Å². The summed E-state index contributed by atoms with van der Waals surface area (Å²) in [6.07, 6.45) is 33.4. The monoisotopic (exact) mass is 493 g/mol. The van der Waals surface area contributed by atoms with Crippen LogP contribution in [0.4, 0.5) is 0 Å². The molecule has 0 nitrogen and oxygen atoms in total. The lowest BCUT2D eigenvalue weighted by molar-refractivity contribution is 0.354. The van der Waals surface area contributed by atoms with Gasteiger partial charge in [-0.05, 0) is 29.6 Å². The summed E-state index contributed by atoms with van der Waals surface area (Å²) < 4.78 is 0. The smallest absolute Gasteiger partial charge is 0.0443 e. The molecule has 0 heterocycles. The van der Waals surface area contributed by atoms with Gasteiger partial charge in [0.1, 0.15) is 0 Å². The molecule has 0 aliphatic heterocycles. The van der Waals surface area contributed by atoms with Crippen LogP contribution in [0.5, 0.6) is 0 Å². The van der Waals surface area contributed by atoms with Gasteiger partial charge < -0.3 is 0 Å². The van der Waals surface area contributed by atoms with E-state index in [1.807, 2.05) is 0 Å². The molecule has 0 radical (unpaired) electrons. The number of rotatable bonds is 27. The zero-order valence-electron chi connectivity index (χ0n) is 26.2. The minimum atomic E-state index is 0.928. The number of hydrogen-bond donors (Lipinski definition) is 0. The van der Waals surface area contributed by atoms with Crippen molar-refractivity contribution in [3.05, 3.63) is 0 Å². The Labute approximate surface area is 225 Å². The fourth-order valence-electron chi connectivity index (χ4n) is 5.78. The fraction of sp³-hybridized carbons (Fsp3) is 1.00. The minimum Gasteiger partial charge on any atom is -0.0654 e. The summed E-state index contributed by atoms with van der Waals surface area (Å²) >= 11 is 0. The van der Waals surface area contributed by atoms with Crippen LogP contribution in [0.25, 0.3) is 0 Å². The van der Waals surface area contributed by atoms with Crippen LogP contribution in [-0.4, -0.2) is 0 Å². The number of hydrogen-bond acceptors (Lipinski definition) is 0. The van der Waals surface area contributed by atoms with E-state index in [0.717, 1.165) is 29.6 Å². The molecule has 0 amide bonds. The zero-order chi connectivity index (χ0) is 26.2. The van der Waals surface area contributed by atoms with Crippen LogP contribution >= 0.6 is 0 Å². The molecule has 0 aromatic carbocycles. The van der Waals surface area contributed by atoms with Gasteiger partial charge in [0.2, 0.25) is 0 Å². The summed E-state index contributed by atoms with van der Waals surface area (Å²) in [4.78, 5) is 0. The molecule has 0 bridgehead atoms. The maximum absolute atomic E-state index is 2.51. The van der Waals surface area contributed by atoms with Crippen molar-refractivity contribution >= 4 is 0 Å². The van der Waals surface area contributed by atoms with Crippen molar-refractivity contribution in [2.75, 3.05) is 0 Å². The normalized spacial score (nSPS) is 16.2. The summed E-state index contributed by atoms with van der Waals surface area (Å²) in [6.45, 7) is 17.1. The summed E-state index contributed by atoms with van der Waals surface area (Å²) in [5.41, 5.74) is 0. The Morgan fingerprint density at radius 2 is 0.571 bits per heavy atom. The molecule has 212 valence electrons. The van der Waals surface area contributed by atoms with Crippen LogP contribution < -0.4 is 0 Å². The number of unbranched alkanes of at least 4 members (excludes halogenated alkanes) is 9. The Bertz CT molecular complexity index is 399. The minimum absolute atomic E-state index is 0.928. The highest BCUT2D eigenvalue weighted by atomic mass is 14.2. The van der Waals surface area contributed by atoms with E-state index in [0.29, 0.717) is 0 Å². The largest absolute Gasteiger partial charge is 0.0654 e. The molecular formula is C35H72. The van der Waals surface area contributed by atoms with Gasteiger partial charge in [-0.25, -0.2) is 0 Å². The van der Waals surface area contributed by atoms with Gasteiger partial charge in [-0.15, -0.1) is 0 Å². The molecule has 0 aliphatic carbocycles. The van der Waals surface area contributed by atoms with Crippen molar-refractivity contribution in [2.24, 2.45) is 29.6 Å². The first-order valence-electron chi connectivity index (χ1n) is 16.9. The third-order valence-electron chi connectivity index (χ3n) is 9.08. The van der Waals surface area contributed by atoms with Crippen LogP contribution in [0.1, 0.15) is 196 Å². The predicted octanol–water partition coefficient (Wildman–Crippen LogP) is 13.2. The average molecular weight is 493 g/mol. The summed E-state index contributed by atoms with van der Waals surface area (Å²) in [5.74, 6) is 4.68. The lowest BCUT2D eigenvalue weighted by Gasteiger charge is -2.18. The van der Waals surface area contributed by atoms with Gasteiger partial charge in [-0.3, -0.25) is 0 Å². The molecule has 35 heavy (non-hydrogen) atoms. The first-order valence-corrected chi connectivity index (χ1v) is 16.9. The zero-order valence-corrected chi connectivity index (χ0v) is 26.2. The first kappa shape index (κ1) is 35.0. The molecule has 0 saturated carbocycles. The second kappa shape index (κ2) is 25.6. The molecule has 0 fully saturated rings. The highest BCUT2D eigenvalue weighted by Crippen LogP contribution is 2.25. The summed E-state index contributed by atoms with van der Waals surface area (Å²) in [5, 5.41) is 0. The maximum atomic E-state index is 2.51. The van der Waals surface area contributed by atoms with Crippen LogP contribution in [0.15, 0.2) is 0 Å². The third-order valence-corrected chi connectivity index (χ3v) is 9.08. The average Bonchev–Trinajstić information content (AvgIpc) is 2.83. The van der Waals surface area contributed by atoms with Crippen molar-refractivity contribution in [3.8, 4) is 0 Å². The van der Waals surface area contributed by atoms with Crippen molar-refractivity contribution in [2.45, 2.75) is 196 Å². The molecule has 0 aromatic rings. The van der Waals surface area contributed by atoms with Gasteiger partial charge in [0.15, 0.2) is 0 Å². The molecule has 0 aromatic heterocycles. The second-order valence-electron chi connectivity index (χ2n) is 13.3. The fourth-order valence-corrected chi connectivity index (χ4v) is 5.78. The highest BCUT2D eigenvalue weighted by molar-refractivity contribution is 4.63. The third kappa shape index (κ3) is 25.4. The molecule has 0 heteroatoms. The lowest BCUT2D eigenvalue weighted by atomic mass is 9.89. The Morgan fingerprint density at radius 3 is 0.943 bits per heavy atom. The van der Waals surface area contributed by atoms with Crippen molar-refractivity contribution < 1.29 is 0 Å². The topological polar surface area (TPSA) is 0 Å². The molecular weight excluding hydrogens is 420 g/mol. The lowest BCUT2D eigenvalue weighted by Crippen LogP contribution is -2.03. The highest BCUT2D eigenvalue weighted by Gasteiger charge is 2.10. The molecule has 5 unspecified atom stereocenters. The predicted molar refractivity (Wildman–Crippen MR) is 163 cm³/mol. The van der Waals surface area contributed by atoms with Gasteiger partial charge in [0.05, 0.1) is 0 Å². The maximum Gasteiger partial charge on any atom is -0.0443 e. The van der Waals surface area contributed by atoms with Gasteiger partial charge in [-0.1, -0.05) is 196 Å².